The molecule has 0 aliphatic carbocycles. The lowest BCUT2D eigenvalue weighted by Gasteiger charge is -2.32. The first-order valence-electron chi connectivity index (χ1n) is 10.5. The van der Waals surface area contributed by atoms with E-state index in [4.69, 9.17) is 4.74 Å². The van der Waals surface area contributed by atoms with Crippen molar-refractivity contribution in [1.29, 1.82) is 0 Å². The fourth-order valence-corrected chi connectivity index (χ4v) is 4.97. The zero-order valence-corrected chi connectivity index (χ0v) is 17.2. The Kier molecular flexibility index (Phi) is 3.98. The third-order valence-electron chi connectivity index (χ3n) is 6.39. The highest BCUT2D eigenvalue weighted by atomic mass is 19.1. The first-order chi connectivity index (χ1) is 16.0. The second-order valence-electron chi connectivity index (χ2n) is 8.12. The second kappa shape index (κ2) is 6.81. The first-order valence-corrected chi connectivity index (χ1v) is 10.5. The van der Waals surface area contributed by atoms with E-state index in [-0.39, 0.29) is 17.1 Å². The SMILES string of the molecule is O=C1OC(c2ccc(O)c3ccccc23)(c2ccc(O)c3ccccc23)c2ccc(F)cc21. The molecule has 4 nitrogen and oxygen atoms in total. The molecule has 0 radical (unpaired) electrons. The standard InChI is InChI=1S/C28H17FO4/c29-16-9-10-24-21(15-16)27(32)33-28(24,22-11-13-25(30)19-7-3-1-5-17(19)22)23-12-14-26(31)20-8-4-2-6-18(20)23/h1-15,30-31H. The third kappa shape index (κ3) is 2.59. The van der Waals surface area contributed by atoms with Crippen LogP contribution in [0.2, 0.25) is 0 Å². The largest absolute Gasteiger partial charge is 0.507 e. The lowest BCUT2D eigenvalue weighted by Crippen LogP contribution is -2.30. The van der Waals surface area contributed by atoms with Gasteiger partial charge in [0.15, 0.2) is 5.60 Å². The van der Waals surface area contributed by atoms with Crippen LogP contribution in [0.1, 0.15) is 27.0 Å². The number of benzene rings is 5. The van der Waals surface area contributed by atoms with Gasteiger partial charge in [-0.05, 0) is 47.2 Å². The van der Waals surface area contributed by atoms with Gasteiger partial charge in [-0.25, -0.2) is 9.18 Å². The van der Waals surface area contributed by atoms with Crippen molar-refractivity contribution < 1.29 is 24.1 Å². The van der Waals surface area contributed by atoms with Crippen LogP contribution in [0.5, 0.6) is 11.5 Å². The van der Waals surface area contributed by atoms with E-state index in [2.05, 4.69) is 0 Å². The summed E-state index contributed by atoms with van der Waals surface area (Å²) < 4.78 is 20.3. The molecular weight excluding hydrogens is 419 g/mol. The van der Waals surface area contributed by atoms with E-state index < -0.39 is 17.4 Å². The molecule has 33 heavy (non-hydrogen) atoms. The van der Waals surface area contributed by atoms with Gasteiger partial charge in [0, 0.05) is 27.5 Å². The van der Waals surface area contributed by atoms with Crippen LogP contribution >= 0.6 is 0 Å². The van der Waals surface area contributed by atoms with Crippen LogP contribution in [0.3, 0.4) is 0 Å². The molecular formula is C28H17FO4. The number of hydrogen-bond donors (Lipinski definition) is 2. The number of ether oxygens (including phenoxy) is 1. The highest BCUT2D eigenvalue weighted by molar-refractivity contribution is 6.02. The van der Waals surface area contributed by atoms with Gasteiger partial charge in [0.25, 0.3) is 0 Å². The van der Waals surface area contributed by atoms with Crippen LogP contribution in [0.4, 0.5) is 4.39 Å². The minimum Gasteiger partial charge on any atom is -0.507 e. The topological polar surface area (TPSA) is 66.8 Å². The zero-order valence-electron chi connectivity index (χ0n) is 17.2. The minimum absolute atomic E-state index is 0.101. The van der Waals surface area contributed by atoms with E-state index in [1.54, 1.807) is 42.5 Å². The summed E-state index contributed by atoms with van der Waals surface area (Å²) in [7, 11) is 0. The van der Waals surface area contributed by atoms with E-state index in [1.807, 2.05) is 36.4 Å². The van der Waals surface area contributed by atoms with Crippen molar-refractivity contribution in [2.75, 3.05) is 0 Å². The molecule has 6 rings (SSSR count). The maximum absolute atomic E-state index is 14.1. The quantitative estimate of drug-likeness (QED) is 0.333. The molecule has 1 aliphatic rings. The van der Waals surface area contributed by atoms with Crippen molar-refractivity contribution in [3.8, 4) is 11.5 Å². The molecule has 5 aromatic carbocycles. The van der Waals surface area contributed by atoms with Gasteiger partial charge in [-0.15, -0.1) is 0 Å². The molecule has 0 unspecified atom stereocenters. The molecule has 0 aromatic heterocycles. The molecule has 160 valence electrons. The van der Waals surface area contributed by atoms with Crippen LogP contribution in [0.15, 0.2) is 91.0 Å². The molecule has 0 fully saturated rings. The van der Waals surface area contributed by atoms with Gasteiger partial charge in [-0.3, -0.25) is 0 Å². The summed E-state index contributed by atoms with van der Waals surface area (Å²) in [6.45, 7) is 0. The zero-order chi connectivity index (χ0) is 22.7. The predicted octanol–water partition coefficient (Wildman–Crippen LogP) is 6.01. The normalized spacial score (nSPS) is 14.4. The summed E-state index contributed by atoms with van der Waals surface area (Å²) in [6.07, 6.45) is 0. The second-order valence-corrected chi connectivity index (χ2v) is 8.12. The van der Waals surface area contributed by atoms with E-state index in [9.17, 15) is 19.4 Å². The number of cyclic esters (lactones) is 1. The van der Waals surface area contributed by atoms with Gasteiger partial charge in [0.2, 0.25) is 0 Å². The number of halogens is 1. The Morgan fingerprint density at radius 3 is 1.67 bits per heavy atom. The average molecular weight is 436 g/mol. The summed E-state index contributed by atoms with van der Waals surface area (Å²) in [5.74, 6) is -0.973. The highest BCUT2D eigenvalue weighted by Crippen LogP contribution is 2.52. The van der Waals surface area contributed by atoms with Crippen LogP contribution < -0.4 is 0 Å². The Hall–Kier alpha value is -4.38. The number of fused-ring (bicyclic) bond motifs is 3. The fraction of sp³-hybridized carbons (Fsp3) is 0.0357. The van der Waals surface area contributed by atoms with Gasteiger partial charge in [-0.1, -0.05) is 54.6 Å². The van der Waals surface area contributed by atoms with E-state index >= 15 is 0 Å². The third-order valence-corrected chi connectivity index (χ3v) is 6.39. The number of carbonyl (C=O) groups is 1. The predicted molar refractivity (Wildman–Crippen MR) is 123 cm³/mol. The Morgan fingerprint density at radius 2 is 1.12 bits per heavy atom. The van der Waals surface area contributed by atoms with Crippen LogP contribution in [0, 0.1) is 5.82 Å². The summed E-state index contributed by atoms with van der Waals surface area (Å²) in [5, 5.41) is 23.6. The van der Waals surface area contributed by atoms with Gasteiger partial charge in [0.05, 0.1) is 5.56 Å². The van der Waals surface area contributed by atoms with Gasteiger partial charge in [0.1, 0.15) is 17.3 Å². The lowest BCUT2D eigenvalue weighted by atomic mass is 9.76. The highest BCUT2D eigenvalue weighted by Gasteiger charge is 2.50. The fourth-order valence-electron chi connectivity index (χ4n) is 4.97. The number of phenolic OH excluding ortho intramolecular Hbond substituents is 2. The smallest absolute Gasteiger partial charge is 0.340 e. The molecule has 0 saturated carbocycles. The lowest BCUT2D eigenvalue weighted by molar-refractivity contribution is 0.0260. The molecule has 1 aliphatic heterocycles. The molecule has 0 bridgehead atoms. The summed E-state index contributed by atoms with van der Waals surface area (Å²) in [5.41, 5.74) is 0.488. The monoisotopic (exact) mass is 436 g/mol. The van der Waals surface area contributed by atoms with Gasteiger partial charge in [-0.2, -0.15) is 0 Å². The average Bonchev–Trinajstić information content (AvgIpc) is 3.12. The van der Waals surface area contributed by atoms with E-state index in [1.165, 1.54) is 12.1 Å². The van der Waals surface area contributed by atoms with Crippen molar-refractivity contribution in [2.45, 2.75) is 5.60 Å². The molecule has 5 aromatic rings. The summed E-state index contributed by atoms with van der Waals surface area (Å²) >= 11 is 0. The molecule has 5 heteroatoms. The molecule has 1 heterocycles. The van der Waals surface area contributed by atoms with Crippen molar-refractivity contribution >= 4 is 27.5 Å². The Labute approximate surface area is 188 Å². The maximum atomic E-state index is 14.1. The maximum Gasteiger partial charge on any atom is 0.340 e. The molecule has 0 saturated heterocycles. The number of carbonyl (C=O) groups excluding carboxylic acids is 1. The number of phenols is 2. The number of hydrogen-bond acceptors (Lipinski definition) is 4. The number of aromatic hydroxyl groups is 2. The Bertz CT molecular complexity index is 1520. The molecule has 0 atom stereocenters. The van der Waals surface area contributed by atoms with Crippen LogP contribution in [-0.4, -0.2) is 16.2 Å². The Morgan fingerprint density at radius 1 is 0.636 bits per heavy atom. The summed E-state index contributed by atoms with van der Waals surface area (Å²) in [6, 6.07) is 25.3. The summed E-state index contributed by atoms with van der Waals surface area (Å²) in [4.78, 5) is 13.1. The minimum atomic E-state index is -1.42. The Balaban J connectivity index is 1.82. The van der Waals surface area contributed by atoms with E-state index in [0.717, 1.165) is 0 Å². The molecule has 0 amide bonds. The van der Waals surface area contributed by atoms with Crippen molar-refractivity contribution in [3.05, 3.63) is 119 Å². The first kappa shape index (κ1) is 19.3. The van der Waals surface area contributed by atoms with Crippen LogP contribution in [-0.2, 0) is 10.3 Å². The van der Waals surface area contributed by atoms with Gasteiger partial charge >= 0.3 is 5.97 Å². The van der Waals surface area contributed by atoms with Crippen molar-refractivity contribution in [3.63, 3.8) is 0 Å². The number of esters is 1. The number of rotatable bonds is 2. The molecule has 2 N–H and O–H groups in total. The van der Waals surface area contributed by atoms with E-state index in [0.29, 0.717) is 38.2 Å². The van der Waals surface area contributed by atoms with Crippen molar-refractivity contribution in [1.82, 2.24) is 0 Å². The van der Waals surface area contributed by atoms with Gasteiger partial charge < -0.3 is 14.9 Å². The molecule has 0 spiro atoms. The van der Waals surface area contributed by atoms with Crippen LogP contribution in [0.25, 0.3) is 21.5 Å². The van der Waals surface area contributed by atoms with Crippen molar-refractivity contribution in [2.24, 2.45) is 0 Å².